The van der Waals surface area contributed by atoms with Crippen molar-refractivity contribution < 1.29 is 14.5 Å². The number of carbonyl (C=O) groups excluding carboxylic acids is 1. The molecule has 0 fully saturated rings. The minimum atomic E-state index is -0.829. The number of rotatable bonds is 8. The number of nitrogens with zero attached hydrogens (tertiary/aromatic N) is 4. The molecular formula is C23H21N5O4. The number of imidazole rings is 1. The molecule has 0 aliphatic rings. The van der Waals surface area contributed by atoms with E-state index in [9.17, 15) is 14.9 Å². The molecular weight excluding hydrogens is 410 g/mol. The summed E-state index contributed by atoms with van der Waals surface area (Å²) in [5.41, 5.74) is 8.51. The van der Waals surface area contributed by atoms with Crippen LogP contribution in [-0.4, -0.2) is 31.5 Å². The minimum absolute atomic E-state index is 0.136. The monoisotopic (exact) mass is 431 g/mol. The van der Waals surface area contributed by atoms with Crippen molar-refractivity contribution in [1.82, 2.24) is 14.5 Å². The fourth-order valence-corrected chi connectivity index (χ4v) is 3.36. The maximum atomic E-state index is 12.3. The van der Waals surface area contributed by atoms with E-state index in [1.165, 1.54) is 12.3 Å². The summed E-state index contributed by atoms with van der Waals surface area (Å²) < 4.78 is 7.14. The smallest absolute Gasteiger partial charge is 0.323 e. The first-order valence-electron chi connectivity index (χ1n) is 10.1. The lowest BCUT2D eigenvalue weighted by molar-refractivity contribution is -0.385. The lowest BCUT2D eigenvalue weighted by Crippen LogP contribution is -2.33. The van der Waals surface area contributed by atoms with Gasteiger partial charge in [0.05, 0.1) is 4.92 Å². The Hall–Kier alpha value is -4.11. The Morgan fingerprint density at radius 2 is 1.81 bits per heavy atom. The summed E-state index contributed by atoms with van der Waals surface area (Å²) in [4.78, 5) is 31.7. The van der Waals surface area contributed by atoms with Gasteiger partial charge in [-0.05, 0) is 24.1 Å². The molecule has 0 unspecified atom stereocenters. The van der Waals surface area contributed by atoms with E-state index in [4.69, 9.17) is 10.5 Å². The van der Waals surface area contributed by atoms with Crippen LogP contribution in [0.5, 0.6) is 0 Å². The molecule has 0 aliphatic carbocycles. The van der Waals surface area contributed by atoms with Crippen LogP contribution in [0, 0.1) is 10.1 Å². The summed E-state index contributed by atoms with van der Waals surface area (Å²) in [7, 11) is 0. The summed E-state index contributed by atoms with van der Waals surface area (Å²) in [6.45, 7) is 0.156. The predicted molar refractivity (Wildman–Crippen MR) is 118 cm³/mol. The first kappa shape index (κ1) is 21.1. The molecule has 0 bridgehead atoms. The summed E-state index contributed by atoms with van der Waals surface area (Å²) in [5.74, 6) is 0.107. The van der Waals surface area contributed by atoms with Gasteiger partial charge in [-0.15, -0.1) is 0 Å². The Morgan fingerprint density at radius 3 is 2.50 bits per heavy atom. The number of hydrogen-bond donors (Lipinski definition) is 1. The maximum Gasteiger partial charge on any atom is 0.323 e. The molecule has 2 N–H and O–H groups in total. The quantitative estimate of drug-likeness (QED) is 0.258. The van der Waals surface area contributed by atoms with Crippen molar-refractivity contribution in [3.63, 3.8) is 0 Å². The van der Waals surface area contributed by atoms with Crippen molar-refractivity contribution in [2.75, 3.05) is 0 Å². The van der Waals surface area contributed by atoms with Crippen LogP contribution < -0.4 is 5.73 Å². The molecule has 1 atom stereocenters. The Kier molecular flexibility index (Phi) is 6.18. The Balaban J connectivity index is 1.53. The normalized spacial score (nSPS) is 11.9. The number of ether oxygens (including phenoxy) is 1. The van der Waals surface area contributed by atoms with Gasteiger partial charge in [0.15, 0.2) is 5.65 Å². The molecule has 2 heterocycles. The standard InChI is InChI=1S/C23H21N5O4/c24-19(23(29)32-15-16-7-3-1-4-8-16)11-12-21-26-20-13-18(28(30)31)14-25-22(20)27(21)17-9-5-2-6-10-17/h1-10,13-14,19H,11-12,15,24H2/t19-/m0/s1. The summed E-state index contributed by atoms with van der Waals surface area (Å²) in [5, 5.41) is 11.1. The number of esters is 1. The molecule has 4 rings (SSSR count). The van der Waals surface area contributed by atoms with Gasteiger partial charge in [-0.3, -0.25) is 19.5 Å². The van der Waals surface area contributed by atoms with Crippen molar-refractivity contribution in [1.29, 1.82) is 0 Å². The second kappa shape index (κ2) is 9.36. The van der Waals surface area contributed by atoms with Crippen LogP contribution in [0.3, 0.4) is 0 Å². The molecule has 0 saturated heterocycles. The zero-order valence-electron chi connectivity index (χ0n) is 17.1. The van der Waals surface area contributed by atoms with Gasteiger partial charge in [0.1, 0.15) is 30.2 Å². The molecule has 4 aromatic rings. The molecule has 0 amide bonds. The highest BCUT2D eigenvalue weighted by atomic mass is 16.6. The zero-order valence-corrected chi connectivity index (χ0v) is 17.1. The number of benzene rings is 2. The van der Waals surface area contributed by atoms with E-state index >= 15 is 0 Å². The number of pyridine rings is 1. The van der Waals surface area contributed by atoms with Crippen molar-refractivity contribution in [3.8, 4) is 5.69 Å². The molecule has 0 saturated carbocycles. The number of aromatic nitrogens is 3. The second-order valence-electron chi connectivity index (χ2n) is 7.23. The molecule has 0 radical (unpaired) electrons. The van der Waals surface area contributed by atoms with E-state index in [1.807, 2.05) is 65.2 Å². The maximum absolute atomic E-state index is 12.3. The molecule has 2 aromatic heterocycles. The van der Waals surface area contributed by atoms with E-state index in [2.05, 4.69) is 9.97 Å². The van der Waals surface area contributed by atoms with Gasteiger partial charge in [0, 0.05) is 18.2 Å². The highest BCUT2D eigenvalue weighted by Gasteiger charge is 2.20. The number of hydrogen-bond acceptors (Lipinski definition) is 7. The Morgan fingerprint density at radius 1 is 1.12 bits per heavy atom. The van der Waals surface area contributed by atoms with Gasteiger partial charge < -0.3 is 10.5 Å². The molecule has 32 heavy (non-hydrogen) atoms. The van der Waals surface area contributed by atoms with Crippen molar-refractivity contribution in [3.05, 3.63) is 94.4 Å². The average Bonchev–Trinajstić information content (AvgIpc) is 3.19. The van der Waals surface area contributed by atoms with Crippen molar-refractivity contribution in [2.45, 2.75) is 25.5 Å². The third kappa shape index (κ3) is 4.62. The highest BCUT2D eigenvalue weighted by Crippen LogP contribution is 2.24. The number of fused-ring (bicyclic) bond motifs is 1. The first-order chi connectivity index (χ1) is 15.5. The summed E-state index contributed by atoms with van der Waals surface area (Å²) in [6.07, 6.45) is 1.87. The van der Waals surface area contributed by atoms with Crippen molar-refractivity contribution in [2.24, 2.45) is 5.73 Å². The number of aryl methyl sites for hydroxylation is 1. The van der Waals surface area contributed by atoms with Gasteiger partial charge >= 0.3 is 5.97 Å². The number of nitro groups is 1. The zero-order chi connectivity index (χ0) is 22.5. The summed E-state index contributed by atoms with van der Waals surface area (Å²) >= 11 is 0. The Bertz CT molecular complexity index is 1240. The van der Waals surface area contributed by atoms with Gasteiger partial charge in [-0.25, -0.2) is 9.97 Å². The predicted octanol–water partition coefficient (Wildman–Crippen LogP) is 3.33. The largest absolute Gasteiger partial charge is 0.460 e. The van der Waals surface area contributed by atoms with Gasteiger partial charge in [0.2, 0.25) is 0 Å². The van der Waals surface area contributed by atoms with E-state index < -0.39 is 16.9 Å². The molecule has 2 aromatic carbocycles. The molecule has 0 aliphatic heterocycles. The van der Waals surface area contributed by atoms with Crippen LogP contribution in [0.25, 0.3) is 16.9 Å². The highest BCUT2D eigenvalue weighted by molar-refractivity contribution is 5.77. The average molecular weight is 431 g/mol. The third-order valence-corrected chi connectivity index (χ3v) is 4.98. The van der Waals surface area contributed by atoms with Crippen LogP contribution in [0.4, 0.5) is 5.69 Å². The number of carbonyl (C=O) groups is 1. The lowest BCUT2D eigenvalue weighted by Gasteiger charge is -2.13. The topological polar surface area (TPSA) is 126 Å². The Labute approximate surface area is 183 Å². The van der Waals surface area contributed by atoms with Gasteiger partial charge in [-0.1, -0.05) is 48.5 Å². The van der Waals surface area contributed by atoms with E-state index in [0.717, 1.165) is 11.3 Å². The first-order valence-corrected chi connectivity index (χ1v) is 10.1. The fraction of sp³-hybridized carbons (Fsp3) is 0.174. The SMILES string of the molecule is N[C@@H](CCc1nc2cc([N+](=O)[O-])cnc2n1-c1ccccc1)C(=O)OCc1ccccc1. The van der Waals surface area contributed by atoms with E-state index in [0.29, 0.717) is 29.8 Å². The molecule has 162 valence electrons. The van der Waals surface area contributed by atoms with Crippen LogP contribution in [0.1, 0.15) is 17.8 Å². The van der Waals surface area contributed by atoms with E-state index in [-0.39, 0.29) is 12.3 Å². The molecule has 0 spiro atoms. The van der Waals surface area contributed by atoms with Crippen LogP contribution in [-0.2, 0) is 22.6 Å². The molecule has 9 heteroatoms. The lowest BCUT2D eigenvalue weighted by atomic mass is 10.1. The third-order valence-electron chi connectivity index (χ3n) is 4.98. The van der Waals surface area contributed by atoms with Crippen LogP contribution in [0.2, 0.25) is 0 Å². The van der Waals surface area contributed by atoms with Crippen LogP contribution >= 0.6 is 0 Å². The van der Waals surface area contributed by atoms with Gasteiger partial charge in [-0.2, -0.15) is 0 Å². The minimum Gasteiger partial charge on any atom is -0.460 e. The van der Waals surface area contributed by atoms with Crippen LogP contribution in [0.15, 0.2) is 72.9 Å². The second-order valence-corrected chi connectivity index (χ2v) is 7.23. The fourth-order valence-electron chi connectivity index (χ4n) is 3.36. The molecule has 9 nitrogen and oxygen atoms in total. The number of nitrogens with two attached hydrogens (primary N) is 1. The summed E-state index contributed by atoms with van der Waals surface area (Å²) in [6, 6.07) is 19.4. The van der Waals surface area contributed by atoms with E-state index in [1.54, 1.807) is 0 Å². The van der Waals surface area contributed by atoms with Crippen molar-refractivity contribution >= 4 is 22.8 Å². The number of para-hydroxylation sites is 1. The van der Waals surface area contributed by atoms with Gasteiger partial charge in [0.25, 0.3) is 5.69 Å².